The van der Waals surface area contributed by atoms with Crippen LogP contribution in [-0.4, -0.2) is 11.8 Å². The van der Waals surface area contributed by atoms with Crippen LogP contribution in [0.3, 0.4) is 0 Å². The lowest BCUT2D eigenvalue weighted by molar-refractivity contribution is -0.117. The molecular formula is C21H22N2O2. The van der Waals surface area contributed by atoms with Gasteiger partial charge < -0.3 is 10.6 Å². The van der Waals surface area contributed by atoms with Gasteiger partial charge in [-0.05, 0) is 48.1 Å². The molecule has 1 unspecified atom stereocenters. The van der Waals surface area contributed by atoms with Crippen molar-refractivity contribution in [2.24, 2.45) is 5.92 Å². The molecule has 2 aromatic rings. The Morgan fingerprint density at radius 3 is 2.32 bits per heavy atom. The van der Waals surface area contributed by atoms with E-state index in [1.165, 1.54) is 6.92 Å². The van der Waals surface area contributed by atoms with Crippen molar-refractivity contribution >= 4 is 23.6 Å². The Bertz CT molecular complexity index is 762. The van der Waals surface area contributed by atoms with Crippen molar-refractivity contribution in [1.82, 2.24) is 5.32 Å². The maximum Gasteiger partial charge on any atom is 0.244 e. The van der Waals surface area contributed by atoms with Gasteiger partial charge in [0, 0.05) is 18.7 Å². The minimum atomic E-state index is -0.102. The summed E-state index contributed by atoms with van der Waals surface area (Å²) in [5.41, 5.74) is 2.81. The molecule has 2 N–H and O–H groups in total. The monoisotopic (exact) mass is 334 g/mol. The van der Waals surface area contributed by atoms with Crippen LogP contribution in [0, 0.1) is 5.92 Å². The fourth-order valence-electron chi connectivity index (χ4n) is 2.82. The number of anilines is 1. The first-order valence-corrected chi connectivity index (χ1v) is 8.53. The Balaban J connectivity index is 1.61. The molecule has 1 aliphatic rings. The molecule has 0 bridgehead atoms. The van der Waals surface area contributed by atoms with Crippen LogP contribution in [0.1, 0.15) is 36.9 Å². The second kappa shape index (κ2) is 7.79. The van der Waals surface area contributed by atoms with Gasteiger partial charge in [-0.1, -0.05) is 42.5 Å². The standard InChI is InChI=1S/C21H22N2O2/c1-15(24)22-19-12-7-16(8-13-19)9-14-20(25)23-21(18-10-11-18)17-5-3-2-4-6-17/h2-9,12-14,18,21H,10-11H2,1H3,(H,22,24)(H,23,25)/b14-9+. The number of rotatable bonds is 6. The molecular weight excluding hydrogens is 312 g/mol. The summed E-state index contributed by atoms with van der Waals surface area (Å²) in [6.07, 6.45) is 5.66. The molecule has 1 saturated carbocycles. The molecule has 128 valence electrons. The predicted octanol–water partition coefficient (Wildman–Crippen LogP) is 3.93. The first kappa shape index (κ1) is 17.0. The first-order valence-electron chi connectivity index (χ1n) is 8.53. The van der Waals surface area contributed by atoms with Crippen molar-refractivity contribution in [2.45, 2.75) is 25.8 Å². The van der Waals surface area contributed by atoms with Crippen molar-refractivity contribution in [1.29, 1.82) is 0 Å². The number of carbonyl (C=O) groups is 2. The van der Waals surface area contributed by atoms with E-state index >= 15 is 0 Å². The highest BCUT2D eigenvalue weighted by Gasteiger charge is 2.32. The molecule has 0 aliphatic heterocycles. The number of hydrogen-bond acceptors (Lipinski definition) is 2. The molecule has 4 heteroatoms. The van der Waals surface area contributed by atoms with Gasteiger partial charge in [0.2, 0.25) is 11.8 Å². The highest BCUT2D eigenvalue weighted by atomic mass is 16.2. The Morgan fingerprint density at radius 2 is 1.72 bits per heavy atom. The van der Waals surface area contributed by atoms with Crippen LogP contribution in [0.4, 0.5) is 5.69 Å². The van der Waals surface area contributed by atoms with Crippen molar-refractivity contribution < 1.29 is 9.59 Å². The first-order chi connectivity index (χ1) is 12.1. The van der Waals surface area contributed by atoms with Crippen LogP contribution in [0.25, 0.3) is 6.08 Å². The molecule has 4 nitrogen and oxygen atoms in total. The topological polar surface area (TPSA) is 58.2 Å². The number of carbonyl (C=O) groups excluding carboxylic acids is 2. The summed E-state index contributed by atoms with van der Waals surface area (Å²) >= 11 is 0. The fourth-order valence-corrected chi connectivity index (χ4v) is 2.82. The minimum absolute atomic E-state index is 0.0838. The van der Waals surface area contributed by atoms with E-state index in [1.54, 1.807) is 12.2 Å². The third-order valence-corrected chi connectivity index (χ3v) is 4.21. The summed E-state index contributed by atoms with van der Waals surface area (Å²) in [5, 5.41) is 5.84. The highest BCUT2D eigenvalue weighted by molar-refractivity contribution is 5.92. The van der Waals surface area contributed by atoms with Gasteiger partial charge in [0.25, 0.3) is 0 Å². The fraction of sp³-hybridized carbons (Fsp3) is 0.238. The smallest absolute Gasteiger partial charge is 0.244 e. The molecule has 3 rings (SSSR count). The SMILES string of the molecule is CC(=O)Nc1ccc(/C=C/C(=O)NC(c2ccccc2)C2CC2)cc1. The molecule has 2 amide bonds. The lowest BCUT2D eigenvalue weighted by atomic mass is 10.0. The van der Waals surface area contributed by atoms with Crippen LogP contribution in [0.2, 0.25) is 0 Å². The van der Waals surface area contributed by atoms with E-state index in [1.807, 2.05) is 42.5 Å². The maximum atomic E-state index is 12.3. The van der Waals surface area contributed by atoms with Gasteiger partial charge in [-0.25, -0.2) is 0 Å². The summed E-state index contributed by atoms with van der Waals surface area (Å²) in [7, 11) is 0. The average molecular weight is 334 g/mol. The van der Waals surface area contributed by atoms with Crippen molar-refractivity contribution in [3.05, 3.63) is 71.8 Å². The lowest BCUT2D eigenvalue weighted by Gasteiger charge is -2.17. The largest absolute Gasteiger partial charge is 0.345 e. The molecule has 0 radical (unpaired) electrons. The zero-order chi connectivity index (χ0) is 17.6. The average Bonchev–Trinajstić information content (AvgIpc) is 3.44. The Morgan fingerprint density at radius 1 is 1.04 bits per heavy atom. The van der Waals surface area contributed by atoms with Gasteiger partial charge >= 0.3 is 0 Å². The molecule has 0 aromatic heterocycles. The molecule has 1 atom stereocenters. The summed E-state index contributed by atoms with van der Waals surface area (Å²) < 4.78 is 0. The second-order valence-electron chi connectivity index (χ2n) is 6.37. The molecule has 1 fully saturated rings. The van der Waals surface area contributed by atoms with Gasteiger partial charge in [0.1, 0.15) is 0 Å². The predicted molar refractivity (Wildman–Crippen MR) is 99.8 cm³/mol. The van der Waals surface area contributed by atoms with Crippen LogP contribution < -0.4 is 10.6 Å². The molecule has 1 aliphatic carbocycles. The minimum Gasteiger partial charge on any atom is -0.345 e. The Hall–Kier alpha value is -2.88. The Labute approximate surface area is 148 Å². The summed E-state index contributed by atoms with van der Waals surface area (Å²) in [4.78, 5) is 23.3. The van der Waals surface area contributed by atoms with Gasteiger partial charge in [-0.15, -0.1) is 0 Å². The normalized spacial score (nSPS) is 14.9. The number of amides is 2. The summed E-state index contributed by atoms with van der Waals surface area (Å²) in [6.45, 7) is 1.47. The van der Waals surface area contributed by atoms with E-state index in [2.05, 4.69) is 22.8 Å². The van der Waals surface area contributed by atoms with E-state index in [-0.39, 0.29) is 17.9 Å². The molecule has 0 heterocycles. The van der Waals surface area contributed by atoms with Crippen molar-refractivity contribution in [3.63, 3.8) is 0 Å². The lowest BCUT2D eigenvalue weighted by Crippen LogP contribution is -2.28. The third-order valence-electron chi connectivity index (χ3n) is 4.21. The van der Waals surface area contributed by atoms with E-state index in [0.29, 0.717) is 5.92 Å². The van der Waals surface area contributed by atoms with E-state index in [0.717, 1.165) is 29.7 Å². The quantitative estimate of drug-likeness (QED) is 0.787. The highest BCUT2D eigenvalue weighted by Crippen LogP contribution is 2.40. The third kappa shape index (κ3) is 5.05. The van der Waals surface area contributed by atoms with E-state index in [9.17, 15) is 9.59 Å². The van der Waals surface area contributed by atoms with Crippen LogP contribution in [0.15, 0.2) is 60.7 Å². The van der Waals surface area contributed by atoms with Crippen LogP contribution in [0.5, 0.6) is 0 Å². The van der Waals surface area contributed by atoms with Crippen molar-refractivity contribution in [2.75, 3.05) is 5.32 Å². The zero-order valence-corrected chi connectivity index (χ0v) is 14.2. The molecule has 0 saturated heterocycles. The van der Waals surface area contributed by atoms with Gasteiger partial charge in [-0.2, -0.15) is 0 Å². The van der Waals surface area contributed by atoms with Crippen LogP contribution in [-0.2, 0) is 9.59 Å². The molecule has 0 spiro atoms. The number of benzene rings is 2. The molecule has 25 heavy (non-hydrogen) atoms. The maximum absolute atomic E-state index is 12.3. The molecule has 2 aromatic carbocycles. The second-order valence-corrected chi connectivity index (χ2v) is 6.37. The zero-order valence-electron chi connectivity index (χ0n) is 14.2. The number of nitrogens with one attached hydrogen (secondary N) is 2. The van der Waals surface area contributed by atoms with Gasteiger partial charge in [0.05, 0.1) is 6.04 Å². The van der Waals surface area contributed by atoms with Crippen LogP contribution >= 0.6 is 0 Å². The Kier molecular flexibility index (Phi) is 5.29. The van der Waals surface area contributed by atoms with Gasteiger partial charge in [0.15, 0.2) is 0 Å². The van der Waals surface area contributed by atoms with Crippen molar-refractivity contribution in [3.8, 4) is 0 Å². The number of hydrogen-bond donors (Lipinski definition) is 2. The van der Waals surface area contributed by atoms with E-state index in [4.69, 9.17) is 0 Å². The van der Waals surface area contributed by atoms with Gasteiger partial charge in [-0.3, -0.25) is 9.59 Å². The van der Waals surface area contributed by atoms with E-state index < -0.39 is 0 Å². The summed E-state index contributed by atoms with van der Waals surface area (Å²) in [6, 6.07) is 17.6. The summed E-state index contributed by atoms with van der Waals surface area (Å²) in [5.74, 6) is 0.345.